The predicted octanol–water partition coefficient (Wildman–Crippen LogP) is 6.83. The highest BCUT2D eigenvalue weighted by molar-refractivity contribution is 7.90. The van der Waals surface area contributed by atoms with E-state index in [1.165, 1.54) is 31.4 Å². The Balaban J connectivity index is 1.24. The Labute approximate surface area is 316 Å². The first kappa shape index (κ1) is 37.7. The van der Waals surface area contributed by atoms with Crippen LogP contribution in [0.4, 0.5) is 5.69 Å². The van der Waals surface area contributed by atoms with Crippen LogP contribution in [0.1, 0.15) is 92.6 Å². The van der Waals surface area contributed by atoms with Gasteiger partial charge in [0.25, 0.3) is 5.91 Å². The summed E-state index contributed by atoms with van der Waals surface area (Å²) < 4.78 is 42.9. The molecule has 0 aromatic heterocycles. The summed E-state index contributed by atoms with van der Waals surface area (Å²) >= 11 is 6.41. The van der Waals surface area contributed by atoms with E-state index in [0.29, 0.717) is 55.1 Å². The average Bonchev–Trinajstić information content (AvgIpc) is 3.15. The maximum Gasteiger partial charge on any atom is 0.264 e. The zero-order chi connectivity index (χ0) is 36.3. The molecule has 3 fully saturated rings. The second-order valence-electron chi connectivity index (χ2n) is 15.8. The van der Waals surface area contributed by atoms with Gasteiger partial charge in [-0.05, 0) is 124 Å². The van der Waals surface area contributed by atoms with E-state index in [1.807, 2.05) is 44.4 Å². The molecule has 1 saturated carbocycles. The molecule has 52 heavy (non-hydrogen) atoms. The lowest BCUT2D eigenvalue weighted by Crippen LogP contribution is -2.61. The van der Waals surface area contributed by atoms with E-state index in [0.717, 1.165) is 87.6 Å². The van der Waals surface area contributed by atoms with Crippen LogP contribution in [0, 0.1) is 11.8 Å². The second kappa shape index (κ2) is 16.4. The number of hydrogen-bond donors (Lipinski definition) is 1. The second-order valence-corrected chi connectivity index (χ2v) is 18.2. The van der Waals surface area contributed by atoms with Crippen molar-refractivity contribution in [1.82, 2.24) is 14.5 Å². The molecule has 5 aliphatic rings. The topological polar surface area (TPSA) is 91.4 Å². The fraction of sp³-hybridized carbons (Fsp3) is 0.634. The quantitative estimate of drug-likeness (QED) is 0.340. The molecular weight excluding hydrogens is 696 g/mol. The molecular formula is C41H57ClN4O5S. The predicted molar refractivity (Wildman–Crippen MR) is 208 cm³/mol. The fourth-order valence-electron chi connectivity index (χ4n) is 9.50. The van der Waals surface area contributed by atoms with Gasteiger partial charge in [-0.2, -0.15) is 0 Å². The number of nitrogens with one attached hydrogen (secondary N) is 1. The van der Waals surface area contributed by atoms with Crippen molar-refractivity contribution in [2.24, 2.45) is 11.8 Å². The summed E-state index contributed by atoms with van der Waals surface area (Å²) in [5.41, 5.74) is 2.96. The van der Waals surface area contributed by atoms with E-state index in [9.17, 15) is 13.2 Å². The number of ether oxygens (including phenoxy) is 2. The number of allylic oxidation sites excluding steroid dienone is 1. The van der Waals surface area contributed by atoms with Gasteiger partial charge in [0.05, 0.1) is 10.9 Å². The van der Waals surface area contributed by atoms with Crippen LogP contribution < -0.4 is 14.4 Å². The number of methoxy groups -OCH3 is 1. The Hall–Kier alpha value is -2.63. The van der Waals surface area contributed by atoms with Crippen molar-refractivity contribution in [2.75, 3.05) is 57.8 Å². The number of rotatable bonds is 4. The van der Waals surface area contributed by atoms with Gasteiger partial charge in [-0.3, -0.25) is 14.6 Å². The number of fused-ring (bicyclic) bond motifs is 4. The number of piperazine rings is 1. The third kappa shape index (κ3) is 8.21. The number of anilines is 1. The number of piperidine rings is 1. The molecule has 4 aliphatic heterocycles. The normalized spacial score (nSPS) is 31.0. The Morgan fingerprint density at radius 1 is 0.962 bits per heavy atom. The van der Waals surface area contributed by atoms with E-state index in [4.69, 9.17) is 21.1 Å². The molecule has 2 aromatic carbocycles. The standard InChI is InChI=1S/C41H57ClN4O5S/c1-3-36-12-4-7-19-41(50-2,29-44-22-23-45-20-9-6-11-35(45)27-44)37-17-14-32(37)26-46-21-8-5-10-30-24-34(42)16-13-33(30)28-51-39-18-15-31(25-38(39)46)40(47)43-52(36,48)49/h7,13,15-16,18-19,24-25,32,35-37H,3-6,8-12,14,17,20-23,26-29H2,1-2H3,(H,43,47)/b19-7+/t32-,35+,36+,37+,41-/m0/s1. The minimum absolute atomic E-state index is 0.303. The third-order valence-electron chi connectivity index (χ3n) is 12.7. The number of halogens is 1. The van der Waals surface area contributed by atoms with Gasteiger partial charge in [0.15, 0.2) is 0 Å². The minimum Gasteiger partial charge on any atom is -0.487 e. The van der Waals surface area contributed by atoms with Crippen molar-refractivity contribution in [2.45, 2.75) is 101 Å². The number of carbonyl (C=O) groups excluding carboxylic acids is 1. The number of hydrogen-bond acceptors (Lipinski definition) is 8. The van der Waals surface area contributed by atoms with E-state index in [1.54, 1.807) is 6.07 Å². The van der Waals surface area contributed by atoms with Crippen LogP contribution in [0.3, 0.4) is 0 Å². The monoisotopic (exact) mass is 752 g/mol. The van der Waals surface area contributed by atoms with Crippen LogP contribution in [0.5, 0.6) is 5.75 Å². The molecule has 4 heterocycles. The van der Waals surface area contributed by atoms with Gasteiger partial charge < -0.3 is 14.4 Å². The van der Waals surface area contributed by atoms with Crippen LogP contribution in [0.25, 0.3) is 0 Å². The SMILES string of the molecule is CC[C@@H]1CC/C=C/[C@@](CN2CCN3CCCC[C@@H]3C2)(OC)[C@@H]2CC[C@H]2CN2CCCCc3cc(Cl)ccc3COc3ccc(cc32)C(=O)NS1(=O)=O. The van der Waals surface area contributed by atoms with Crippen LogP contribution >= 0.6 is 11.6 Å². The number of sulfonamides is 1. The Bertz CT molecular complexity index is 1720. The van der Waals surface area contributed by atoms with Gasteiger partial charge in [-0.25, -0.2) is 13.1 Å². The molecule has 2 saturated heterocycles. The highest BCUT2D eigenvalue weighted by atomic mass is 35.5. The maximum atomic E-state index is 13.6. The number of aryl methyl sites for hydroxylation is 1. The summed E-state index contributed by atoms with van der Waals surface area (Å²) in [4.78, 5) is 21.3. The van der Waals surface area contributed by atoms with Crippen molar-refractivity contribution in [1.29, 1.82) is 0 Å². The molecule has 1 aliphatic carbocycles. The van der Waals surface area contributed by atoms with Crippen LogP contribution in [0.2, 0.25) is 5.02 Å². The molecule has 5 atom stereocenters. The van der Waals surface area contributed by atoms with Gasteiger partial charge >= 0.3 is 0 Å². The first-order valence-electron chi connectivity index (χ1n) is 19.7. The fourth-order valence-corrected chi connectivity index (χ4v) is 11.1. The smallest absolute Gasteiger partial charge is 0.264 e. The van der Waals surface area contributed by atoms with Gasteiger partial charge in [0, 0.05) is 63.0 Å². The number of amides is 1. The highest BCUT2D eigenvalue weighted by Crippen LogP contribution is 2.47. The molecule has 2 bridgehead atoms. The summed E-state index contributed by atoms with van der Waals surface area (Å²) in [5.74, 6) is 0.769. The Morgan fingerprint density at radius 2 is 1.83 bits per heavy atom. The van der Waals surface area contributed by atoms with Crippen molar-refractivity contribution in [3.05, 3.63) is 70.3 Å². The summed E-state index contributed by atoms with van der Waals surface area (Å²) in [6, 6.07) is 12.0. The number of nitrogens with zero attached hydrogens (tertiary/aromatic N) is 3. The van der Waals surface area contributed by atoms with Crippen molar-refractivity contribution < 1.29 is 22.7 Å². The van der Waals surface area contributed by atoms with Crippen LogP contribution in [-0.4, -0.2) is 93.9 Å². The van der Waals surface area contributed by atoms with Gasteiger partial charge in [0.1, 0.15) is 18.0 Å². The third-order valence-corrected chi connectivity index (χ3v) is 14.8. The summed E-state index contributed by atoms with van der Waals surface area (Å²) in [6.45, 7) is 9.10. The molecule has 7 rings (SSSR count). The Kier molecular flexibility index (Phi) is 11.9. The Morgan fingerprint density at radius 3 is 2.63 bits per heavy atom. The lowest BCUT2D eigenvalue weighted by molar-refractivity contribution is -0.1000. The molecule has 0 unspecified atom stereocenters. The minimum atomic E-state index is -3.91. The maximum absolute atomic E-state index is 13.6. The van der Waals surface area contributed by atoms with Crippen LogP contribution in [-0.2, 0) is 27.8 Å². The molecule has 0 spiro atoms. The molecule has 11 heteroatoms. The van der Waals surface area contributed by atoms with E-state index < -0.39 is 26.8 Å². The molecule has 9 nitrogen and oxygen atoms in total. The lowest BCUT2D eigenvalue weighted by atomic mass is 9.63. The number of carbonyl (C=O) groups is 1. The largest absolute Gasteiger partial charge is 0.487 e. The van der Waals surface area contributed by atoms with Gasteiger partial charge in [0.2, 0.25) is 10.0 Å². The molecule has 0 radical (unpaired) electrons. The summed E-state index contributed by atoms with van der Waals surface area (Å²) in [6.07, 6.45) is 14.8. The highest BCUT2D eigenvalue weighted by Gasteiger charge is 2.48. The molecule has 1 N–H and O–H groups in total. The molecule has 2 aromatic rings. The first-order chi connectivity index (χ1) is 25.2. The lowest BCUT2D eigenvalue weighted by Gasteiger charge is -2.53. The summed E-state index contributed by atoms with van der Waals surface area (Å²) in [5, 5.41) is 0.0402. The first-order valence-corrected chi connectivity index (χ1v) is 21.6. The molecule has 284 valence electrons. The molecule has 1 amide bonds. The van der Waals surface area contributed by atoms with E-state index in [-0.39, 0.29) is 0 Å². The zero-order valence-corrected chi connectivity index (χ0v) is 32.6. The summed E-state index contributed by atoms with van der Waals surface area (Å²) in [7, 11) is -2.04. The van der Waals surface area contributed by atoms with E-state index >= 15 is 0 Å². The average molecular weight is 753 g/mol. The van der Waals surface area contributed by atoms with Crippen molar-refractivity contribution >= 4 is 33.2 Å². The van der Waals surface area contributed by atoms with Gasteiger partial charge in [-0.15, -0.1) is 0 Å². The number of benzene rings is 2. The van der Waals surface area contributed by atoms with Crippen molar-refractivity contribution in [3.63, 3.8) is 0 Å². The zero-order valence-electron chi connectivity index (χ0n) is 31.0. The van der Waals surface area contributed by atoms with E-state index in [2.05, 4.69) is 31.6 Å². The van der Waals surface area contributed by atoms with Crippen molar-refractivity contribution in [3.8, 4) is 5.75 Å². The van der Waals surface area contributed by atoms with Gasteiger partial charge in [-0.1, -0.05) is 43.2 Å². The van der Waals surface area contributed by atoms with Crippen LogP contribution in [0.15, 0.2) is 48.6 Å².